The Morgan fingerprint density at radius 3 is 2.93 bits per heavy atom. The highest BCUT2D eigenvalue weighted by Gasteiger charge is 2.17. The van der Waals surface area contributed by atoms with Crippen LogP contribution in [0.25, 0.3) is 0 Å². The fraction of sp³-hybridized carbons (Fsp3) is 0.500. The molecular weight excluding hydrogens is 252 g/mol. The van der Waals surface area contributed by atoms with Crippen molar-refractivity contribution in [2.24, 2.45) is 5.92 Å². The first-order valence-corrected chi connectivity index (χ1v) is 6.26. The number of nitrogens with two attached hydrogens (primary N) is 1. The lowest BCUT2D eigenvalue weighted by molar-refractivity contribution is 0.447. The maximum Gasteiger partial charge on any atom is 0.0600 e. The van der Waals surface area contributed by atoms with Gasteiger partial charge in [0.15, 0.2) is 0 Å². The molecule has 15 heavy (non-hydrogen) atoms. The predicted octanol–water partition coefficient (Wildman–Crippen LogP) is 3.27. The maximum absolute atomic E-state index is 6.03. The number of nitrogens with zero attached hydrogens (tertiary/aromatic N) is 1. The standard InChI is InChI=1S/C12H17BrN2/c1-9-3-2-6-15(8-9)12-5-4-10(13)7-11(12)14/h4-5,7,9H,2-3,6,8,14H2,1H3. The van der Waals surface area contributed by atoms with E-state index in [1.54, 1.807) is 0 Å². The van der Waals surface area contributed by atoms with E-state index in [0.717, 1.165) is 29.2 Å². The van der Waals surface area contributed by atoms with Gasteiger partial charge in [0, 0.05) is 17.6 Å². The van der Waals surface area contributed by atoms with E-state index in [2.05, 4.69) is 39.9 Å². The molecule has 0 aromatic heterocycles. The van der Waals surface area contributed by atoms with E-state index in [0.29, 0.717) is 0 Å². The minimum atomic E-state index is 0.779. The molecule has 1 aromatic rings. The average molecular weight is 269 g/mol. The highest BCUT2D eigenvalue weighted by Crippen LogP contribution is 2.30. The molecule has 82 valence electrons. The van der Waals surface area contributed by atoms with Crippen molar-refractivity contribution in [3.05, 3.63) is 22.7 Å². The van der Waals surface area contributed by atoms with Crippen LogP contribution in [-0.2, 0) is 0 Å². The van der Waals surface area contributed by atoms with Crippen LogP contribution in [0.15, 0.2) is 22.7 Å². The molecule has 1 saturated heterocycles. The van der Waals surface area contributed by atoms with Gasteiger partial charge in [-0.25, -0.2) is 0 Å². The number of nitrogen functional groups attached to an aromatic ring is 1. The lowest BCUT2D eigenvalue weighted by Crippen LogP contribution is -2.34. The smallest absolute Gasteiger partial charge is 0.0600 e. The molecule has 1 unspecified atom stereocenters. The zero-order valence-corrected chi connectivity index (χ0v) is 10.6. The summed E-state index contributed by atoms with van der Waals surface area (Å²) in [7, 11) is 0. The summed E-state index contributed by atoms with van der Waals surface area (Å²) in [5.41, 5.74) is 8.08. The van der Waals surface area contributed by atoms with Crippen molar-refractivity contribution in [3.63, 3.8) is 0 Å². The van der Waals surface area contributed by atoms with Crippen molar-refractivity contribution in [3.8, 4) is 0 Å². The molecule has 1 heterocycles. The van der Waals surface area contributed by atoms with Crippen LogP contribution in [0.4, 0.5) is 11.4 Å². The summed E-state index contributed by atoms with van der Waals surface area (Å²) >= 11 is 3.43. The minimum absolute atomic E-state index is 0.779. The van der Waals surface area contributed by atoms with Crippen LogP contribution < -0.4 is 10.6 Å². The highest BCUT2D eigenvalue weighted by molar-refractivity contribution is 9.10. The number of piperidine rings is 1. The minimum Gasteiger partial charge on any atom is -0.397 e. The Morgan fingerprint density at radius 1 is 1.47 bits per heavy atom. The number of halogens is 1. The monoisotopic (exact) mass is 268 g/mol. The van der Waals surface area contributed by atoms with Crippen molar-refractivity contribution in [2.45, 2.75) is 19.8 Å². The number of rotatable bonds is 1. The second kappa shape index (κ2) is 4.44. The normalized spacial score (nSPS) is 21.7. The average Bonchev–Trinajstić information content (AvgIpc) is 2.17. The summed E-state index contributed by atoms with van der Waals surface area (Å²) in [5, 5.41) is 0. The third-order valence-electron chi connectivity index (χ3n) is 2.99. The van der Waals surface area contributed by atoms with Crippen LogP contribution in [0, 0.1) is 5.92 Å². The van der Waals surface area contributed by atoms with Crippen molar-refractivity contribution in [2.75, 3.05) is 23.7 Å². The van der Waals surface area contributed by atoms with Gasteiger partial charge in [-0.3, -0.25) is 0 Å². The van der Waals surface area contributed by atoms with E-state index in [1.807, 2.05) is 6.07 Å². The topological polar surface area (TPSA) is 29.3 Å². The van der Waals surface area contributed by atoms with E-state index in [-0.39, 0.29) is 0 Å². The highest BCUT2D eigenvalue weighted by atomic mass is 79.9. The van der Waals surface area contributed by atoms with E-state index in [1.165, 1.54) is 18.5 Å². The van der Waals surface area contributed by atoms with E-state index in [4.69, 9.17) is 5.73 Å². The third kappa shape index (κ3) is 2.46. The van der Waals surface area contributed by atoms with Crippen LogP contribution in [0.5, 0.6) is 0 Å². The Kier molecular flexibility index (Phi) is 3.19. The molecule has 0 aliphatic carbocycles. The van der Waals surface area contributed by atoms with Crippen LogP contribution >= 0.6 is 15.9 Å². The molecule has 1 atom stereocenters. The van der Waals surface area contributed by atoms with Gasteiger partial charge >= 0.3 is 0 Å². The second-order valence-electron chi connectivity index (χ2n) is 4.40. The predicted molar refractivity (Wildman–Crippen MR) is 69.2 cm³/mol. The van der Waals surface area contributed by atoms with Crippen molar-refractivity contribution >= 4 is 27.3 Å². The molecule has 1 fully saturated rings. The number of hydrogen-bond donors (Lipinski definition) is 1. The van der Waals surface area contributed by atoms with Gasteiger partial charge in [0.05, 0.1) is 11.4 Å². The molecule has 2 nitrogen and oxygen atoms in total. The first kappa shape index (κ1) is 10.8. The Morgan fingerprint density at radius 2 is 2.27 bits per heavy atom. The van der Waals surface area contributed by atoms with E-state index in [9.17, 15) is 0 Å². The fourth-order valence-electron chi connectivity index (χ4n) is 2.22. The number of anilines is 2. The molecule has 0 saturated carbocycles. The molecule has 2 rings (SSSR count). The first-order valence-electron chi connectivity index (χ1n) is 5.47. The summed E-state index contributed by atoms with van der Waals surface area (Å²) in [5.74, 6) is 0.779. The van der Waals surface area contributed by atoms with Crippen LogP contribution in [0.2, 0.25) is 0 Å². The maximum atomic E-state index is 6.03. The van der Waals surface area contributed by atoms with Gasteiger partial charge < -0.3 is 10.6 Å². The summed E-state index contributed by atoms with van der Waals surface area (Å²) in [6.45, 7) is 4.57. The first-order chi connectivity index (χ1) is 7.16. The summed E-state index contributed by atoms with van der Waals surface area (Å²) in [6.07, 6.45) is 2.61. The zero-order valence-electron chi connectivity index (χ0n) is 9.04. The molecule has 0 amide bonds. The summed E-state index contributed by atoms with van der Waals surface area (Å²) in [6, 6.07) is 6.15. The molecule has 1 aliphatic heterocycles. The van der Waals surface area contributed by atoms with Gasteiger partial charge in [-0.2, -0.15) is 0 Å². The number of hydrogen-bond acceptors (Lipinski definition) is 2. The van der Waals surface area contributed by atoms with Gasteiger partial charge in [-0.1, -0.05) is 22.9 Å². The molecular formula is C12H17BrN2. The van der Waals surface area contributed by atoms with Crippen LogP contribution in [0.1, 0.15) is 19.8 Å². The van der Waals surface area contributed by atoms with E-state index >= 15 is 0 Å². The lowest BCUT2D eigenvalue weighted by Gasteiger charge is -2.33. The molecule has 0 radical (unpaired) electrons. The SMILES string of the molecule is CC1CCCN(c2ccc(Br)cc2N)C1. The molecule has 3 heteroatoms. The quantitative estimate of drug-likeness (QED) is 0.793. The second-order valence-corrected chi connectivity index (χ2v) is 5.31. The van der Waals surface area contributed by atoms with Crippen LogP contribution in [0.3, 0.4) is 0 Å². The van der Waals surface area contributed by atoms with Gasteiger partial charge in [0.2, 0.25) is 0 Å². The molecule has 0 bridgehead atoms. The van der Waals surface area contributed by atoms with E-state index < -0.39 is 0 Å². The van der Waals surface area contributed by atoms with Gasteiger partial charge in [0.1, 0.15) is 0 Å². The summed E-state index contributed by atoms with van der Waals surface area (Å²) in [4.78, 5) is 2.40. The van der Waals surface area contributed by atoms with Gasteiger partial charge in [-0.15, -0.1) is 0 Å². The molecule has 1 aromatic carbocycles. The Labute approximate surface area is 99.6 Å². The van der Waals surface area contributed by atoms with Gasteiger partial charge in [0.25, 0.3) is 0 Å². The van der Waals surface area contributed by atoms with Crippen molar-refractivity contribution in [1.29, 1.82) is 0 Å². The van der Waals surface area contributed by atoms with Crippen LogP contribution in [-0.4, -0.2) is 13.1 Å². The zero-order chi connectivity index (χ0) is 10.8. The van der Waals surface area contributed by atoms with Crippen molar-refractivity contribution < 1.29 is 0 Å². The molecule has 2 N–H and O–H groups in total. The largest absolute Gasteiger partial charge is 0.397 e. The Balaban J connectivity index is 2.21. The lowest BCUT2D eigenvalue weighted by atomic mass is 9.99. The fourth-order valence-corrected chi connectivity index (χ4v) is 2.60. The summed E-state index contributed by atoms with van der Waals surface area (Å²) < 4.78 is 1.05. The van der Waals surface area contributed by atoms with Crippen molar-refractivity contribution in [1.82, 2.24) is 0 Å². The molecule has 0 spiro atoms. The number of benzene rings is 1. The Bertz CT molecular complexity index is 351. The van der Waals surface area contributed by atoms with Gasteiger partial charge in [-0.05, 0) is 37.0 Å². The third-order valence-corrected chi connectivity index (χ3v) is 3.48. The molecule has 1 aliphatic rings. The Hall–Kier alpha value is -0.700.